The number of para-hydroxylation sites is 1. The second kappa shape index (κ2) is 6.57. The maximum Gasteiger partial charge on any atom is 0.0740 e. The number of anilines is 1. The summed E-state index contributed by atoms with van der Waals surface area (Å²) < 4.78 is 11.8. The van der Waals surface area contributed by atoms with Gasteiger partial charge in [-0.3, -0.25) is 0 Å². The number of nitrogens with one attached hydrogen (secondary N) is 1. The maximum absolute atomic E-state index is 6.28. The van der Waals surface area contributed by atoms with Gasteiger partial charge < -0.3 is 19.7 Å². The molecule has 1 aromatic carbocycles. The summed E-state index contributed by atoms with van der Waals surface area (Å²) in [5, 5.41) is 3.68. The van der Waals surface area contributed by atoms with Crippen LogP contribution in [0.4, 0.5) is 5.69 Å². The molecule has 3 aliphatic rings. The highest BCUT2D eigenvalue weighted by molar-refractivity contribution is 5.53. The van der Waals surface area contributed by atoms with Gasteiger partial charge >= 0.3 is 0 Å². The first-order valence-electron chi connectivity index (χ1n) is 8.67. The number of hydrogen-bond donors (Lipinski definition) is 1. The summed E-state index contributed by atoms with van der Waals surface area (Å²) in [6.07, 6.45) is 5.44. The van der Waals surface area contributed by atoms with Crippen molar-refractivity contribution < 1.29 is 9.47 Å². The van der Waals surface area contributed by atoms with Crippen molar-refractivity contribution in [3.05, 3.63) is 29.8 Å². The molecular formula is C18H26N2O2. The number of nitrogens with zero attached hydrogens (tertiary/aromatic N) is 1. The normalized spacial score (nSPS) is 31.5. The molecule has 3 heterocycles. The Balaban J connectivity index is 1.40. The minimum atomic E-state index is 0.427. The van der Waals surface area contributed by atoms with Crippen molar-refractivity contribution >= 4 is 5.69 Å². The summed E-state index contributed by atoms with van der Waals surface area (Å²) in [6.45, 7) is 4.35. The van der Waals surface area contributed by atoms with Crippen LogP contribution in [0.2, 0.25) is 0 Å². The molecule has 3 saturated heterocycles. The largest absolute Gasteiger partial charge is 0.378 e. The first kappa shape index (κ1) is 14.5. The molecule has 2 unspecified atom stereocenters. The molecule has 3 aliphatic heterocycles. The molecule has 1 N–H and O–H groups in total. The van der Waals surface area contributed by atoms with Gasteiger partial charge in [0.2, 0.25) is 0 Å². The molecule has 0 spiro atoms. The van der Waals surface area contributed by atoms with Gasteiger partial charge in [-0.05, 0) is 31.7 Å². The van der Waals surface area contributed by atoms with E-state index in [9.17, 15) is 0 Å². The smallest absolute Gasteiger partial charge is 0.0740 e. The summed E-state index contributed by atoms with van der Waals surface area (Å²) in [5.41, 5.74) is 2.64. The minimum absolute atomic E-state index is 0.427. The molecule has 4 nitrogen and oxygen atoms in total. The molecule has 3 fully saturated rings. The van der Waals surface area contributed by atoms with Gasteiger partial charge in [-0.25, -0.2) is 0 Å². The lowest BCUT2D eigenvalue weighted by atomic mass is 10.0. The van der Waals surface area contributed by atoms with E-state index in [1.165, 1.54) is 36.9 Å². The Bertz CT molecular complexity index is 490. The lowest BCUT2D eigenvalue weighted by Crippen LogP contribution is -2.41. The molecule has 2 bridgehead atoms. The molecule has 22 heavy (non-hydrogen) atoms. The van der Waals surface area contributed by atoms with Crippen molar-refractivity contribution in [2.24, 2.45) is 0 Å². The summed E-state index contributed by atoms with van der Waals surface area (Å²) in [6, 6.07) is 10.1. The van der Waals surface area contributed by atoms with E-state index in [0.717, 1.165) is 32.9 Å². The van der Waals surface area contributed by atoms with Crippen molar-refractivity contribution in [2.45, 2.75) is 50.5 Å². The highest BCUT2D eigenvalue weighted by Gasteiger charge is 2.33. The van der Waals surface area contributed by atoms with Crippen molar-refractivity contribution in [3.63, 3.8) is 0 Å². The van der Waals surface area contributed by atoms with E-state index >= 15 is 0 Å². The van der Waals surface area contributed by atoms with Crippen molar-refractivity contribution in [1.82, 2.24) is 5.32 Å². The summed E-state index contributed by atoms with van der Waals surface area (Å²) >= 11 is 0. The number of hydrogen-bond acceptors (Lipinski definition) is 4. The Labute approximate surface area is 132 Å². The Kier molecular flexibility index (Phi) is 4.33. The van der Waals surface area contributed by atoms with Gasteiger partial charge in [0.1, 0.15) is 0 Å². The summed E-state index contributed by atoms with van der Waals surface area (Å²) in [4.78, 5) is 2.42. The average molecular weight is 302 g/mol. The van der Waals surface area contributed by atoms with Gasteiger partial charge in [0.05, 0.1) is 25.9 Å². The lowest BCUT2D eigenvalue weighted by Gasteiger charge is -2.32. The van der Waals surface area contributed by atoms with Gasteiger partial charge in [0.25, 0.3) is 0 Å². The van der Waals surface area contributed by atoms with Crippen molar-refractivity contribution in [3.8, 4) is 0 Å². The third-order valence-electron chi connectivity index (χ3n) is 5.25. The molecule has 4 heteroatoms. The van der Waals surface area contributed by atoms with Gasteiger partial charge in [0, 0.05) is 36.4 Å². The standard InChI is InChI=1S/C18H26N2O2/c1-2-4-18(20-7-9-21-10-8-20)14(3-1)13-22-17-11-15-5-6-16(12-17)19-15/h1-4,15-17,19H,5-13H2. The SMILES string of the molecule is c1ccc(N2CCOCC2)c(COC2CC3CCC(C2)N3)c1. The molecule has 0 radical (unpaired) electrons. The molecule has 4 rings (SSSR count). The van der Waals surface area contributed by atoms with Crippen LogP contribution >= 0.6 is 0 Å². The number of morpholine rings is 1. The molecule has 0 aliphatic carbocycles. The second-order valence-corrected chi connectivity index (χ2v) is 6.77. The van der Waals surface area contributed by atoms with E-state index in [-0.39, 0.29) is 0 Å². The highest BCUT2D eigenvalue weighted by atomic mass is 16.5. The van der Waals surface area contributed by atoms with Crippen LogP contribution in [0.25, 0.3) is 0 Å². The van der Waals surface area contributed by atoms with Gasteiger partial charge in [0.15, 0.2) is 0 Å². The Morgan fingerprint density at radius 2 is 1.82 bits per heavy atom. The number of benzene rings is 1. The number of rotatable bonds is 4. The number of piperidine rings is 1. The molecule has 1 aromatic rings. The van der Waals surface area contributed by atoms with E-state index < -0.39 is 0 Å². The first-order valence-corrected chi connectivity index (χ1v) is 8.67. The second-order valence-electron chi connectivity index (χ2n) is 6.77. The third kappa shape index (κ3) is 3.14. The van der Waals surface area contributed by atoms with Crippen LogP contribution in [0.1, 0.15) is 31.2 Å². The van der Waals surface area contributed by atoms with E-state index in [1.54, 1.807) is 0 Å². The zero-order chi connectivity index (χ0) is 14.8. The molecule has 0 aromatic heterocycles. The Morgan fingerprint density at radius 3 is 2.59 bits per heavy atom. The maximum atomic E-state index is 6.28. The molecule has 2 atom stereocenters. The topological polar surface area (TPSA) is 33.7 Å². The number of ether oxygens (including phenoxy) is 2. The first-order chi connectivity index (χ1) is 10.9. The van der Waals surface area contributed by atoms with Crippen LogP contribution in [0.3, 0.4) is 0 Å². The minimum Gasteiger partial charge on any atom is -0.378 e. The van der Waals surface area contributed by atoms with Crippen LogP contribution < -0.4 is 10.2 Å². The van der Waals surface area contributed by atoms with Crippen LogP contribution in [0.15, 0.2) is 24.3 Å². The fourth-order valence-corrected chi connectivity index (χ4v) is 4.09. The van der Waals surface area contributed by atoms with E-state index in [1.807, 2.05) is 0 Å². The average Bonchev–Trinajstić information content (AvgIpc) is 2.92. The lowest BCUT2D eigenvalue weighted by molar-refractivity contribution is 0.00923. The third-order valence-corrected chi connectivity index (χ3v) is 5.25. The van der Waals surface area contributed by atoms with E-state index in [4.69, 9.17) is 9.47 Å². The van der Waals surface area contributed by atoms with Crippen molar-refractivity contribution in [1.29, 1.82) is 0 Å². The van der Waals surface area contributed by atoms with Crippen LogP contribution in [-0.2, 0) is 16.1 Å². The van der Waals surface area contributed by atoms with E-state index in [2.05, 4.69) is 34.5 Å². The zero-order valence-corrected chi connectivity index (χ0v) is 13.2. The monoisotopic (exact) mass is 302 g/mol. The molecular weight excluding hydrogens is 276 g/mol. The van der Waals surface area contributed by atoms with Crippen LogP contribution in [-0.4, -0.2) is 44.5 Å². The van der Waals surface area contributed by atoms with Gasteiger partial charge in [-0.2, -0.15) is 0 Å². The van der Waals surface area contributed by atoms with Crippen LogP contribution in [0.5, 0.6) is 0 Å². The quantitative estimate of drug-likeness (QED) is 0.925. The predicted octanol–water partition coefficient (Wildman–Crippen LogP) is 2.32. The highest BCUT2D eigenvalue weighted by Crippen LogP contribution is 2.30. The Hall–Kier alpha value is -1.10. The van der Waals surface area contributed by atoms with Crippen molar-refractivity contribution in [2.75, 3.05) is 31.2 Å². The fourth-order valence-electron chi connectivity index (χ4n) is 4.09. The summed E-state index contributed by atoms with van der Waals surface area (Å²) in [5.74, 6) is 0. The summed E-state index contributed by atoms with van der Waals surface area (Å²) in [7, 11) is 0. The predicted molar refractivity (Wildman–Crippen MR) is 87.2 cm³/mol. The van der Waals surface area contributed by atoms with E-state index in [0.29, 0.717) is 18.2 Å². The van der Waals surface area contributed by atoms with Gasteiger partial charge in [-0.15, -0.1) is 0 Å². The van der Waals surface area contributed by atoms with Crippen LogP contribution in [0, 0.1) is 0 Å². The molecule has 120 valence electrons. The van der Waals surface area contributed by atoms with Gasteiger partial charge in [-0.1, -0.05) is 18.2 Å². The fraction of sp³-hybridized carbons (Fsp3) is 0.667. The Morgan fingerprint density at radius 1 is 1.09 bits per heavy atom. The number of fused-ring (bicyclic) bond motifs is 2. The molecule has 0 saturated carbocycles. The molecule has 0 amide bonds. The zero-order valence-electron chi connectivity index (χ0n) is 13.2.